The fourth-order valence-corrected chi connectivity index (χ4v) is 1.62. The topological polar surface area (TPSA) is 18.5 Å². The molecule has 1 rings (SSSR count). The van der Waals surface area contributed by atoms with Gasteiger partial charge in [-0.3, -0.25) is 0 Å². The highest BCUT2D eigenvalue weighted by Crippen LogP contribution is 2.17. The zero-order chi connectivity index (χ0) is 10.9. The molecule has 0 aromatic rings. The molecule has 15 heavy (non-hydrogen) atoms. The van der Waals surface area contributed by atoms with E-state index in [0.717, 1.165) is 32.3 Å². The number of ether oxygens (including phenoxy) is 2. The van der Waals surface area contributed by atoms with Gasteiger partial charge < -0.3 is 9.47 Å². The van der Waals surface area contributed by atoms with E-state index in [1.807, 2.05) is 6.08 Å². The first-order valence-corrected chi connectivity index (χ1v) is 5.91. The van der Waals surface area contributed by atoms with Crippen LogP contribution >= 0.6 is 0 Å². The van der Waals surface area contributed by atoms with Gasteiger partial charge in [0.15, 0.2) is 6.29 Å². The van der Waals surface area contributed by atoms with Gasteiger partial charge in [0, 0.05) is 6.61 Å². The van der Waals surface area contributed by atoms with Crippen LogP contribution in [0.15, 0.2) is 24.8 Å². The second-order valence-electron chi connectivity index (χ2n) is 3.82. The summed E-state index contributed by atoms with van der Waals surface area (Å²) in [5, 5.41) is 0. The average Bonchev–Trinajstić information content (AvgIpc) is 2.29. The summed E-state index contributed by atoms with van der Waals surface area (Å²) in [5.41, 5.74) is 0. The van der Waals surface area contributed by atoms with Gasteiger partial charge in [0.1, 0.15) is 0 Å². The van der Waals surface area contributed by atoms with E-state index in [-0.39, 0.29) is 12.4 Å². The molecule has 86 valence electrons. The molecular formula is C13H22O2. The summed E-state index contributed by atoms with van der Waals surface area (Å²) in [5.74, 6) is 0. The van der Waals surface area contributed by atoms with Crippen molar-refractivity contribution in [3.8, 4) is 0 Å². The van der Waals surface area contributed by atoms with Crippen molar-refractivity contribution < 1.29 is 9.47 Å². The third-order valence-electron chi connectivity index (χ3n) is 2.50. The highest BCUT2D eigenvalue weighted by molar-refractivity contribution is 4.90. The molecule has 0 saturated carbocycles. The smallest absolute Gasteiger partial charge is 0.158 e. The van der Waals surface area contributed by atoms with Crippen molar-refractivity contribution in [2.75, 3.05) is 6.61 Å². The Bertz CT molecular complexity index is 193. The molecule has 1 fully saturated rings. The van der Waals surface area contributed by atoms with Crippen LogP contribution in [0.1, 0.15) is 39.0 Å². The lowest BCUT2D eigenvalue weighted by Gasteiger charge is -2.25. The van der Waals surface area contributed by atoms with Crippen LogP contribution in [0.5, 0.6) is 0 Å². The molecular weight excluding hydrogens is 188 g/mol. The second-order valence-corrected chi connectivity index (χ2v) is 3.82. The van der Waals surface area contributed by atoms with Crippen molar-refractivity contribution in [1.82, 2.24) is 0 Å². The van der Waals surface area contributed by atoms with Crippen LogP contribution in [0, 0.1) is 0 Å². The minimum absolute atomic E-state index is 0.0169. The number of rotatable bonds is 6. The Hall–Kier alpha value is -0.600. The van der Waals surface area contributed by atoms with Crippen molar-refractivity contribution in [1.29, 1.82) is 0 Å². The molecule has 0 aromatic carbocycles. The maximum atomic E-state index is 5.80. The highest BCUT2D eigenvalue weighted by atomic mass is 16.7. The van der Waals surface area contributed by atoms with E-state index in [9.17, 15) is 0 Å². The molecule has 0 aromatic heterocycles. The first-order chi connectivity index (χ1) is 7.36. The molecule has 0 N–H and O–H groups in total. The lowest BCUT2D eigenvalue weighted by Crippen LogP contribution is -2.26. The highest BCUT2D eigenvalue weighted by Gasteiger charge is 2.17. The summed E-state index contributed by atoms with van der Waals surface area (Å²) in [4.78, 5) is 0. The standard InChI is InChI=1S/C13H22O2/c1-3-5-6-9-12(4-2)15-13-10-7-8-11-14-13/h4-6,12-13H,2-3,7-11H2,1H3/b6-5-/t12-,13?/m1/s1. The number of allylic oxidation sites excluding steroid dienone is 1. The van der Waals surface area contributed by atoms with E-state index in [1.54, 1.807) is 0 Å². The average molecular weight is 210 g/mol. The van der Waals surface area contributed by atoms with E-state index in [4.69, 9.17) is 9.47 Å². The molecule has 0 radical (unpaired) electrons. The summed E-state index contributed by atoms with van der Waals surface area (Å²) >= 11 is 0. The van der Waals surface area contributed by atoms with Crippen molar-refractivity contribution in [2.24, 2.45) is 0 Å². The zero-order valence-corrected chi connectivity index (χ0v) is 9.65. The fraction of sp³-hybridized carbons (Fsp3) is 0.692. The summed E-state index contributed by atoms with van der Waals surface area (Å²) in [6.45, 7) is 6.75. The molecule has 0 aliphatic carbocycles. The van der Waals surface area contributed by atoms with Gasteiger partial charge >= 0.3 is 0 Å². The van der Waals surface area contributed by atoms with Gasteiger partial charge in [-0.05, 0) is 32.1 Å². The van der Waals surface area contributed by atoms with E-state index in [0.29, 0.717) is 0 Å². The maximum Gasteiger partial charge on any atom is 0.158 e. The maximum absolute atomic E-state index is 5.80. The van der Waals surface area contributed by atoms with Crippen LogP contribution in [0.25, 0.3) is 0 Å². The number of hydrogen-bond acceptors (Lipinski definition) is 2. The van der Waals surface area contributed by atoms with Crippen molar-refractivity contribution in [2.45, 2.75) is 51.4 Å². The SMILES string of the molecule is C=C[C@H](C/C=C\CC)OC1CCCCO1. The van der Waals surface area contributed by atoms with Crippen molar-refractivity contribution >= 4 is 0 Å². The summed E-state index contributed by atoms with van der Waals surface area (Å²) < 4.78 is 11.3. The lowest BCUT2D eigenvalue weighted by atomic mass is 10.2. The lowest BCUT2D eigenvalue weighted by molar-refractivity contribution is -0.177. The van der Waals surface area contributed by atoms with Gasteiger partial charge in [0.2, 0.25) is 0 Å². The molecule has 1 unspecified atom stereocenters. The van der Waals surface area contributed by atoms with Crippen LogP contribution < -0.4 is 0 Å². The minimum Gasteiger partial charge on any atom is -0.353 e. The molecule has 2 atom stereocenters. The largest absolute Gasteiger partial charge is 0.353 e. The van der Waals surface area contributed by atoms with Gasteiger partial charge in [-0.15, -0.1) is 6.58 Å². The van der Waals surface area contributed by atoms with Crippen molar-refractivity contribution in [3.63, 3.8) is 0 Å². The third-order valence-corrected chi connectivity index (χ3v) is 2.50. The molecule has 1 aliphatic heterocycles. The molecule has 0 bridgehead atoms. The van der Waals surface area contributed by atoms with Crippen LogP contribution in [0.3, 0.4) is 0 Å². The summed E-state index contributed by atoms with van der Waals surface area (Å²) in [6, 6.07) is 0. The molecule has 0 amide bonds. The Kier molecular flexibility index (Phi) is 6.37. The summed E-state index contributed by atoms with van der Waals surface area (Å²) in [7, 11) is 0. The predicted octanol–water partition coefficient (Wildman–Crippen LogP) is 3.44. The first-order valence-electron chi connectivity index (χ1n) is 5.91. The van der Waals surface area contributed by atoms with Crippen LogP contribution in [0.4, 0.5) is 0 Å². The van der Waals surface area contributed by atoms with E-state index in [2.05, 4.69) is 25.7 Å². The molecule has 1 saturated heterocycles. The second kappa shape index (κ2) is 7.66. The van der Waals surface area contributed by atoms with E-state index < -0.39 is 0 Å². The van der Waals surface area contributed by atoms with E-state index in [1.165, 1.54) is 6.42 Å². The van der Waals surface area contributed by atoms with Crippen molar-refractivity contribution in [3.05, 3.63) is 24.8 Å². The van der Waals surface area contributed by atoms with Gasteiger partial charge in [-0.2, -0.15) is 0 Å². The molecule has 2 nitrogen and oxygen atoms in total. The minimum atomic E-state index is -0.0169. The quantitative estimate of drug-likeness (QED) is 0.625. The summed E-state index contributed by atoms with van der Waals surface area (Å²) in [6.07, 6.45) is 11.6. The Balaban J connectivity index is 2.25. The zero-order valence-electron chi connectivity index (χ0n) is 9.65. The third kappa shape index (κ3) is 5.14. The number of hydrogen-bond donors (Lipinski definition) is 0. The molecule has 2 heteroatoms. The van der Waals surface area contributed by atoms with Gasteiger partial charge in [0.25, 0.3) is 0 Å². The fourth-order valence-electron chi connectivity index (χ4n) is 1.62. The predicted molar refractivity (Wildman–Crippen MR) is 62.7 cm³/mol. The Labute approximate surface area is 93.0 Å². The Morgan fingerprint density at radius 2 is 2.33 bits per heavy atom. The van der Waals surface area contributed by atoms with Crippen LogP contribution in [0.2, 0.25) is 0 Å². The van der Waals surface area contributed by atoms with Crippen LogP contribution in [-0.4, -0.2) is 19.0 Å². The molecule has 1 heterocycles. The monoisotopic (exact) mass is 210 g/mol. The first kappa shape index (κ1) is 12.5. The molecule has 0 spiro atoms. The Morgan fingerprint density at radius 1 is 1.47 bits per heavy atom. The van der Waals surface area contributed by atoms with Crippen LogP contribution in [-0.2, 0) is 9.47 Å². The van der Waals surface area contributed by atoms with Gasteiger partial charge in [-0.25, -0.2) is 0 Å². The Morgan fingerprint density at radius 3 is 2.93 bits per heavy atom. The van der Waals surface area contributed by atoms with Gasteiger partial charge in [0.05, 0.1) is 6.10 Å². The van der Waals surface area contributed by atoms with Gasteiger partial charge in [-0.1, -0.05) is 25.2 Å². The van der Waals surface area contributed by atoms with E-state index >= 15 is 0 Å². The normalized spacial score (nSPS) is 24.2. The molecule has 1 aliphatic rings.